The number of rotatable bonds is 5. The Hall–Kier alpha value is -0.530. The smallest absolute Gasteiger partial charge is 0.246 e. The Morgan fingerprint density at radius 3 is 2.25 bits per heavy atom. The van der Waals surface area contributed by atoms with E-state index in [0.29, 0.717) is 5.69 Å². The first-order valence-electron chi connectivity index (χ1n) is 6.25. The molecule has 8 heteroatoms. The quantitative estimate of drug-likeness (QED) is 0.805. The molecular formula is C12H16Cl2N2O3S. The molecule has 1 aromatic rings. The highest BCUT2D eigenvalue weighted by atomic mass is 35.5. The highest BCUT2D eigenvalue weighted by molar-refractivity contribution is 7.89. The Balaban J connectivity index is 2.47. The molecule has 0 saturated heterocycles. The third-order valence-electron chi connectivity index (χ3n) is 3.39. The molecule has 0 amide bonds. The summed E-state index contributed by atoms with van der Waals surface area (Å²) in [6.07, 6.45) is 2.54. The lowest BCUT2D eigenvalue weighted by molar-refractivity contribution is 0.178. The van der Waals surface area contributed by atoms with Crippen molar-refractivity contribution >= 4 is 38.9 Å². The minimum Gasteiger partial charge on any atom is -0.399 e. The predicted molar refractivity (Wildman–Crippen MR) is 79.5 cm³/mol. The van der Waals surface area contributed by atoms with E-state index in [1.165, 1.54) is 16.4 Å². The number of anilines is 1. The number of halogens is 2. The first-order valence-corrected chi connectivity index (χ1v) is 8.44. The fourth-order valence-corrected chi connectivity index (χ4v) is 5.07. The SMILES string of the molecule is Nc1cc(Cl)c(S(=O)(=O)N(CCO)C2CCC2)c(Cl)c1. The van der Waals surface area contributed by atoms with Crippen LogP contribution in [0.25, 0.3) is 0 Å². The normalized spacial score (nSPS) is 16.4. The van der Waals surface area contributed by atoms with Crippen LogP contribution in [-0.4, -0.2) is 37.0 Å². The fraction of sp³-hybridized carbons (Fsp3) is 0.500. The van der Waals surface area contributed by atoms with Crippen LogP contribution in [-0.2, 0) is 10.0 Å². The molecule has 0 bridgehead atoms. The summed E-state index contributed by atoms with van der Waals surface area (Å²) in [5, 5.41) is 9.10. The number of aliphatic hydroxyl groups is 1. The third-order valence-corrected chi connectivity index (χ3v) is 6.26. The van der Waals surface area contributed by atoms with Gasteiger partial charge in [0, 0.05) is 18.3 Å². The van der Waals surface area contributed by atoms with E-state index >= 15 is 0 Å². The molecule has 0 heterocycles. The van der Waals surface area contributed by atoms with Gasteiger partial charge in [0.15, 0.2) is 0 Å². The van der Waals surface area contributed by atoms with Crippen molar-refractivity contribution in [1.82, 2.24) is 4.31 Å². The molecule has 20 heavy (non-hydrogen) atoms. The van der Waals surface area contributed by atoms with Gasteiger partial charge in [-0.3, -0.25) is 0 Å². The molecule has 0 aliphatic heterocycles. The molecule has 1 saturated carbocycles. The van der Waals surface area contributed by atoms with Crippen molar-refractivity contribution in [3.05, 3.63) is 22.2 Å². The molecule has 0 aromatic heterocycles. The van der Waals surface area contributed by atoms with Crippen molar-refractivity contribution in [1.29, 1.82) is 0 Å². The van der Waals surface area contributed by atoms with Gasteiger partial charge in [0.25, 0.3) is 0 Å². The van der Waals surface area contributed by atoms with Gasteiger partial charge in [-0.05, 0) is 25.0 Å². The van der Waals surface area contributed by atoms with Gasteiger partial charge in [-0.1, -0.05) is 29.6 Å². The topological polar surface area (TPSA) is 83.6 Å². The Morgan fingerprint density at radius 1 is 1.30 bits per heavy atom. The monoisotopic (exact) mass is 338 g/mol. The molecule has 1 aliphatic rings. The van der Waals surface area contributed by atoms with Crippen LogP contribution < -0.4 is 5.73 Å². The lowest BCUT2D eigenvalue weighted by Crippen LogP contribution is -2.45. The van der Waals surface area contributed by atoms with Gasteiger partial charge in [0.1, 0.15) is 4.90 Å². The summed E-state index contributed by atoms with van der Waals surface area (Å²) in [6, 6.07) is 2.62. The van der Waals surface area contributed by atoms with E-state index in [1.807, 2.05) is 0 Å². The molecule has 1 aromatic carbocycles. The summed E-state index contributed by atoms with van der Waals surface area (Å²) >= 11 is 12.0. The Morgan fingerprint density at radius 2 is 1.85 bits per heavy atom. The van der Waals surface area contributed by atoms with E-state index in [0.717, 1.165) is 19.3 Å². The van der Waals surface area contributed by atoms with Gasteiger partial charge < -0.3 is 10.8 Å². The number of hydrogen-bond acceptors (Lipinski definition) is 4. The summed E-state index contributed by atoms with van der Waals surface area (Å²) in [5.41, 5.74) is 5.89. The van der Waals surface area contributed by atoms with Crippen LogP contribution in [0.3, 0.4) is 0 Å². The molecular weight excluding hydrogens is 323 g/mol. The Bertz CT molecular complexity index is 580. The van der Waals surface area contributed by atoms with Crippen LogP contribution in [0.5, 0.6) is 0 Å². The zero-order valence-electron chi connectivity index (χ0n) is 10.7. The minimum absolute atomic E-state index is 0.00253. The zero-order chi connectivity index (χ0) is 14.9. The van der Waals surface area contributed by atoms with Crippen molar-refractivity contribution in [3.63, 3.8) is 0 Å². The van der Waals surface area contributed by atoms with Gasteiger partial charge >= 0.3 is 0 Å². The van der Waals surface area contributed by atoms with Gasteiger partial charge in [-0.2, -0.15) is 4.31 Å². The number of benzene rings is 1. The molecule has 0 unspecified atom stereocenters. The second-order valence-corrected chi connectivity index (χ2v) is 7.38. The van der Waals surface area contributed by atoms with E-state index in [4.69, 9.17) is 34.0 Å². The van der Waals surface area contributed by atoms with Gasteiger partial charge in [0.05, 0.1) is 16.7 Å². The lowest BCUT2D eigenvalue weighted by Gasteiger charge is -2.36. The zero-order valence-corrected chi connectivity index (χ0v) is 13.0. The highest BCUT2D eigenvalue weighted by Crippen LogP contribution is 2.37. The van der Waals surface area contributed by atoms with Crippen LogP contribution in [0.4, 0.5) is 5.69 Å². The van der Waals surface area contributed by atoms with E-state index in [-0.39, 0.29) is 34.1 Å². The van der Waals surface area contributed by atoms with Crippen molar-refractivity contribution in [2.45, 2.75) is 30.2 Å². The maximum absolute atomic E-state index is 12.7. The lowest BCUT2D eigenvalue weighted by atomic mass is 9.93. The minimum atomic E-state index is -3.85. The van der Waals surface area contributed by atoms with Gasteiger partial charge in [-0.15, -0.1) is 0 Å². The number of aliphatic hydroxyl groups excluding tert-OH is 1. The Kier molecular flexibility index (Phi) is 4.81. The number of nitrogens with zero attached hydrogens (tertiary/aromatic N) is 1. The molecule has 3 N–H and O–H groups in total. The summed E-state index contributed by atoms with van der Waals surface area (Å²) in [5.74, 6) is 0. The number of nitrogen functional groups attached to an aromatic ring is 1. The average Bonchev–Trinajstić information content (AvgIpc) is 2.23. The van der Waals surface area contributed by atoms with Crippen molar-refractivity contribution < 1.29 is 13.5 Å². The predicted octanol–water partition coefficient (Wildman–Crippen LogP) is 2.11. The van der Waals surface area contributed by atoms with E-state index in [1.54, 1.807) is 0 Å². The third kappa shape index (κ3) is 2.89. The molecule has 0 spiro atoms. The van der Waals surface area contributed by atoms with Crippen LogP contribution in [0.2, 0.25) is 10.0 Å². The largest absolute Gasteiger partial charge is 0.399 e. The maximum atomic E-state index is 12.7. The summed E-state index contributed by atoms with van der Waals surface area (Å²) in [6.45, 7) is -0.218. The number of nitrogens with two attached hydrogens (primary N) is 1. The average molecular weight is 339 g/mol. The van der Waals surface area contributed by atoms with Gasteiger partial charge in [-0.25, -0.2) is 8.42 Å². The van der Waals surface area contributed by atoms with Crippen molar-refractivity contribution in [3.8, 4) is 0 Å². The van der Waals surface area contributed by atoms with Crippen LogP contribution in [0.1, 0.15) is 19.3 Å². The first kappa shape index (κ1) is 15.9. The van der Waals surface area contributed by atoms with Gasteiger partial charge in [0.2, 0.25) is 10.0 Å². The van der Waals surface area contributed by atoms with E-state index in [2.05, 4.69) is 0 Å². The molecule has 5 nitrogen and oxygen atoms in total. The van der Waals surface area contributed by atoms with Crippen LogP contribution in [0, 0.1) is 0 Å². The fourth-order valence-electron chi connectivity index (χ4n) is 2.22. The molecule has 0 radical (unpaired) electrons. The van der Waals surface area contributed by atoms with E-state index in [9.17, 15) is 8.42 Å². The summed E-state index contributed by atoms with van der Waals surface area (Å²) < 4.78 is 26.7. The molecule has 0 atom stereocenters. The summed E-state index contributed by atoms with van der Waals surface area (Å²) in [7, 11) is -3.85. The Labute approximate surface area is 128 Å². The van der Waals surface area contributed by atoms with Crippen molar-refractivity contribution in [2.75, 3.05) is 18.9 Å². The number of hydrogen-bond donors (Lipinski definition) is 2. The highest BCUT2D eigenvalue weighted by Gasteiger charge is 2.36. The summed E-state index contributed by atoms with van der Waals surface area (Å²) in [4.78, 5) is -0.143. The van der Waals surface area contributed by atoms with E-state index < -0.39 is 10.0 Å². The molecule has 112 valence electrons. The molecule has 1 aliphatic carbocycles. The second-order valence-electron chi connectivity index (χ2n) is 4.74. The first-order chi connectivity index (χ1) is 9.37. The maximum Gasteiger partial charge on any atom is 0.246 e. The number of sulfonamides is 1. The second kappa shape index (κ2) is 6.07. The molecule has 2 rings (SSSR count). The van der Waals surface area contributed by atoms with Crippen LogP contribution in [0.15, 0.2) is 17.0 Å². The molecule has 1 fully saturated rings. The standard InChI is InChI=1S/C12H16Cl2N2O3S/c13-10-6-8(15)7-11(14)12(10)20(18,19)16(4-5-17)9-2-1-3-9/h6-7,9,17H,1-5,15H2. The van der Waals surface area contributed by atoms with Crippen LogP contribution >= 0.6 is 23.2 Å². The van der Waals surface area contributed by atoms with Crippen molar-refractivity contribution in [2.24, 2.45) is 0 Å².